The molecule has 1 aromatic carbocycles. The monoisotopic (exact) mass is 245 g/mol. The van der Waals surface area contributed by atoms with Crippen molar-refractivity contribution >= 4 is 5.82 Å². The van der Waals surface area contributed by atoms with E-state index in [0.29, 0.717) is 17.2 Å². The van der Waals surface area contributed by atoms with Gasteiger partial charge in [-0.05, 0) is 37.1 Å². The molecule has 0 atom stereocenters. The Hall–Kier alpha value is -1.97. The van der Waals surface area contributed by atoms with E-state index in [-0.39, 0.29) is 5.82 Å². The van der Waals surface area contributed by atoms with Gasteiger partial charge in [0.1, 0.15) is 11.6 Å². The maximum absolute atomic E-state index is 13.2. The Kier molecular flexibility index (Phi) is 3.55. The van der Waals surface area contributed by atoms with Gasteiger partial charge in [0, 0.05) is 17.3 Å². The molecule has 0 saturated carbocycles. The van der Waals surface area contributed by atoms with E-state index in [2.05, 4.69) is 16.9 Å². The number of halogens is 1. The first-order valence-corrected chi connectivity index (χ1v) is 6.00. The second-order valence-corrected chi connectivity index (χ2v) is 4.32. The molecule has 0 amide bonds. The van der Waals surface area contributed by atoms with Crippen molar-refractivity contribution in [1.82, 2.24) is 9.97 Å². The summed E-state index contributed by atoms with van der Waals surface area (Å²) in [6.45, 7) is 3.80. The first-order valence-electron chi connectivity index (χ1n) is 6.00. The van der Waals surface area contributed by atoms with E-state index >= 15 is 0 Å². The van der Waals surface area contributed by atoms with E-state index in [4.69, 9.17) is 5.73 Å². The number of benzene rings is 1. The van der Waals surface area contributed by atoms with Crippen LogP contribution in [0.5, 0.6) is 0 Å². The van der Waals surface area contributed by atoms with E-state index in [1.807, 2.05) is 0 Å². The van der Waals surface area contributed by atoms with Gasteiger partial charge in [0.15, 0.2) is 5.82 Å². The second kappa shape index (κ2) is 5.12. The van der Waals surface area contributed by atoms with Crippen molar-refractivity contribution in [2.45, 2.75) is 26.7 Å². The van der Waals surface area contributed by atoms with Crippen LogP contribution in [0.4, 0.5) is 10.2 Å². The van der Waals surface area contributed by atoms with Crippen LogP contribution in [0.3, 0.4) is 0 Å². The molecule has 1 aromatic heterocycles. The first-order chi connectivity index (χ1) is 8.60. The number of nitrogen functional groups attached to an aromatic ring is 1. The van der Waals surface area contributed by atoms with Crippen LogP contribution in [-0.2, 0) is 6.42 Å². The predicted octanol–water partition coefficient (Wildman–Crippen LogP) is 3.13. The van der Waals surface area contributed by atoms with Gasteiger partial charge in [0.25, 0.3) is 0 Å². The third kappa shape index (κ3) is 2.64. The Morgan fingerprint density at radius 2 is 2.00 bits per heavy atom. The normalized spacial score (nSPS) is 10.6. The average molecular weight is 245 g/mol. The van der Waals surface area contributed by atoms with E-state index in [9.17, 15) is 4.39 Å². The number of anilines is 1. The molecule has 0 aliphatic rings. The van der Waals surface area contributed by atoms with Gasteiger partial charge >= 0.3 is 0 Å². The van der Waals surface area contributed by atoms with Gasteiger partial charge in [-0.15, -0.1) is 0 Å². The molecule has 0 saturated heterocycles. The van der Waals surface area contributed by atoms with Crippen LogP contribution in [-0.4, -0.2) is 9.97 Å². The van der Waals surface area contributed by atoms with Crippen LogP contribution < -0.4 is 5.73 Å². The van der Waals surface area contributed by atoms with Gasteiger partial charge < -0.3 is 5.73 Å². The summed E-state index contributed by atoms with van der Waals surface area (Å²) in [5, 5.41) is 0. The molecule has 2 N–H and O–H groups in total. The highest BCUT2D eigenvalue weighted by molar-refractivity contribution is 5.58. The molecule has 1 heterocycles. The fourth-order valence-corrected chi connectivity index (χ4v) is 1.82. The minimum Gasteiger partial charge on any atom is -0.384 e. The quantitative estimate of drug-likeness (QED) is 0.903. The van der Waals surface area contributed by atoms with Gasteiger partial charge in [0.05, 0.1) is 0 Å². The van der Waals surface area contributed by atoms with Crippen LogP contribution in [0, 0.1) is 12.7 Å². The molecule has 0 spiro atoms. The lowest BCUT2D eigenvalue weighted by Crippen LogP contribution is -2.00. The molecule has 3 nitrogen and oxygen atoms in total. The fraction of sp³-hybridized carbons (Fsp3) is 0.286. The lowest BCUT2D eigenvalue weighted by molar-refractivity contribution is 0.618. The van der Waals surface area contributed by atoms with E-state index < -0.39 is 0 Å². The zero-order valence-corrected chi connectivity index (χ0v) is 10.6. The molecule has 18 heavy (non-hydrogen) atoms. The van der Waals surface area contributed by atoms with Crippen molar-refractivity contribution in [1.29, 1.82) is 0 Å². The first kappa shape index (κ1) is 12.5. The van der Waals surface area contributed by atoms with Crippen molar-refractivity contribution in [2.24, 2.45) is 0 Å². The molecule has 0 unspecified atom stereocenters. The number of hydrogen-bond acceptors (Lipinski definition) is 3. The molecule has 0 bridgehead atoms. The van der Waals surface area contributed by atoms with Crippen LogP contribution in [0.15, 0.2) is 24.3 Å². The predicted molar refractivity (Wildman–Crippen MR) is 70.6 cm³/mol. The zero-order chi connectivity index (χ0) is 13.1. The smallest absolute Gasteiger partial charge is 0.161 e. The van der Waals surface area contributed by atoms with Gasteiger partial charge in [0.2, 0.25) is 0 Å². The summed E-state index contributed by atoms with van der Waals surface area (Å²) in [5.41, 5.74) is 8.06. The number of rotatable bonds is 3. The molecule has 0 radical (unpaired) electrons. The molecule has 94 valence electrons. The maximum Gasteiger partial charge on any atom is 0.161 e. The third-order valence-electron chi connectivity index (χ3n) is 2.72. The average Bonchev–Trinajstić information content (AvgIpc) is 2.32. The lowest BCUT2D eigenvalue weighted by Gasteiger charge is -2.06. The second-order valence-electron chi connectivity index (χ2n) is 4.32. The summed E-state index contributed by atoms with van der Waals surface area (Å²) >= 11 is 0. The minimum atomic E-state index is -0.226. The summed E-state index contributed by atoms with van der Waals surface area (Å²) in [6, 6.07) is 6.62. The SMILES string of the molecule is CCCc1cc(N)nc(-c2ccc(F)c(C)c2)n1. The van der Waals surface area contributed by atoms with Crippen LogP contribution in [0.1, 0.15) is 24.6 Å². The molecular formula is C14H16FN3. The summed E-state index contributed by atoms with van der Waals surface area (Å²) in [5.74, 6) is 0.781. The number of aromatic nitrogens is 2. The lowest BCUT2D eigenvalue weighted by atomic mass is 10.1. The van der Waals surface area contributed by atoms with Gasteiger partial charge in [-0.1, -0.05) is 13.3 Å². The van der Waals surface area contributed by atoms with Crippen molar-refractivity contribution in [3.63, 3.8) is 0 Å². The summed E-state index contributed by atoms with van der Waals surface area (Å²) in [4.78, 5) is 8.65. The summed E-state index contributed by atoms with van der Waals surface area (Å²) in [7, 11) is 0. The van der Waals surface area contributed by atoms with Gasteiger partial charge in [-0.3, -0.25) is 0 Å². The Balaban J connectivity index is 2.46. The van der Waals surface area contributed by atoms with Crippen molar-refractivity contribution in [3.8, 4) is 11.4 Å². The topological polar surface area (TPSA) is 51.8 Å². The van der Waals surface area contributed by atoms with Crippen LogP contribution in [0.2, 0.25) is 0 Å². The summed E-state index contributed by atoms with van der Waals surface area (Å²) < 4.78 is 13.2. The number of nitrogens with two attached hydrogens (primary N) is 1. The molecule has 0 fully saturated rings. The molecule has 2 aromatic rings. The number of aryl methyl sites for hydroxylation is 2. The maximum atomic E-state index is 13.2. The van der Waals surface area contributed by atoms with Gasteiger partial charge in [-0.25, -0.2) is 14.4 Å². The fourth-order valence-electron chi connectivity index (χ4n) is 1.82. The largest absolute Gasteiger partial charge is 0.384 e. The molecule has 0 aliphatic carbocycles. The Bertz CT molecular complexity index is 567. The Morgan fingerprint density at radius 3 is 2.67 bits per heavy atom. The highest BCUT2D eigenvalue weighted by Gasteiger charge is 2.07. The number of nitrogens with zero attached hydrogens (tertiary/aromatic N) is 2. The Labute approximate surface area is 106 Å². The van der Waals surface area contributed by atoms with E-state index in [1.165, 1.54) is 6.07 Å². The molecule has 2 rings (SSSR count). The summed E-state index contributed by atoms with van der Waals surface area (Å²) in [6.07, 6.45) is 1.86. The highest BCUT2D eigenvalue weighted by atomic mass is 19.1. The highest BCUT2D eigenvalue weighted by Crippen LogP contribution is 2.20. The standard InChI is InChI=1S/C14H16FN3/c1-3-4-11-8-13(16)18-14(17-11)10-5-6-12(15)9(2)7-10/h5-8H,3-4H2,1-2H3,(H2,16,17,18). The molecule has 4 heteroatoms. The van der Waals surface area contributed by atoms with E-state index in [1.54, 1.807) is 25.1 Å². The minimum absolute atomic E-state index is 0.226. The molecule has 0 aliphatic heterocycles. The van der Waals surface area contributed by atoms with Crippen LogP contribution >= 0.6 is 0 Å². The van der Waals surface area contributed by atoms with Crippen molar-refractivity contribution in [3.05, 3.63) is 41.3 Å². The Morgan fingerprint density at radius 1 is 1.22 bits per heavy atom. The molecular weight excluding hydrogens is 229 g/mol. The van der Waals surface area contributed by atoms with E-state index in [0.717, 1.165) is 24.1 Å². The third-order valence-corrected chi connectivity index (χ3v) is 2.72. The van der Waals surface area contributed by atoms with Crippen molar-refractivity contribution < 1.29 is 4.39 Å². The van der Waals surface area contributed by atoms with Crippen LogP contribution in [0.25, 0.3) is 11.4 Å². The number of hydrogen-bond donors (Lipinski definition) is 1. The zero-order valence-electron chi connectivity index (χ0n) is 10.6. The van der Waals surface area contributed by atoms with Gasteiger partial charge in [-0.2, -0.15) is 0 Å². The van der Waals surface area contributed by atoms with Crippen molar-refractivity contribution in [2.75, 3.05) is 5.73 Å².